The standard InChI is InChI=1S/C18H25N3O/c1-2-20-9-10-21(8-7-17(20)22)16-5-3-14(4-6-16)18-11-15(18)12-19-13-18/h3-6,15,19H,2,7-13H2,1H3. The minimum atomic E-state index is 0.290. The van der Waals surface area contributed by atoms with Crippen molar-refractivity contribution in [3.05, 3.63) is 29.8 Å². The zero-order valence-electron chi connectivity index (χ0n) is 13.3. The van der Waals surface area contributed by atoms with E-state index < -0.39 is 0 Å². The Morgan fingerprint density at radius 2 is 2.05 bits per heavy atom. The van der Waals surface area contributed by atoms with Gasteiger partial charge in [-0.1, -0.05) is 12.1 Å². The van der Waals surface area contributed by atoms with Crippen LogP contribution >= 0.6 is 0 Å². The van der Waals surface area contributed by atoms with Gasteiger partial charge in [0, 0.05) is 50.2 Å². The SMILES string of the molecule is CCN1CCN(c2ccc(C34CNCC3C4)cc2)CCC1=O. The van der Waals surface area contributed by atoms with Crippen LogP contribution < -0.4 is 10.2 Å². The maximum Gasteiger partial charge on any atom is 0.224 e. The molecule has 2 heterocycles. The molecule has 2 saturated heterocycles. The Labute approximate surface area is 132 Å². The first kappa shape index (κ1) is 14.1. The Balaban J connectivity index is 1.48. The summed E-state index contributed by atoms with van der Waals surface area (Å²) in [6.45, 7) is 7.82. The molecule has 1 aromatic rings. The molecule has 4 nitrogen and oxygen atoms in total. The highest BCUT2D eigenvalue weighted by Gasteiger charge is 2.57. The first-order valence-electron chi connectivity index (χ1n) is 8.57. The molecule has 0 bridgehead atoms. The summed E-state index contributed by atoms with van der Waals surface area (Å²) < 4.78 is 0. The topological polar surface area (TPSA) is 35.6 Å². The first-order valence-corrected chi connectivity index (χ1v) is 8.57. The number of amides is 1. The zero-order chi connectivity index (χ0) is 15.2. The van der Waals surface area contributed by atoms with Crippen molar-refractivity contribution in [3.63, 3.8) is 0 Å². The van der Waals surface area contributed by atoms with Crippen LogP contribution in [-0.4, -0.2) is 50.1 Å². The van der Waals surface area contributed by atoms with E-state index in [0.29, 0.717) is 17.7 Å². The predicted molar refractivity (Wildman–Crippen MR) is 88.2 cm³/mol. The highest BCUT2D eigenvalue weighted by molar-refractivity contribution is 5.77. The molecule has 4 rings (SSSR count). The average Bonchev–Trinajstić information content (AvgIpc) is 3.18. The molecule has 0 radical (unpaired) electrons. The van der Waals surface area contributed by atoms with Crippen molar-refractivity contribution in [2.24, 2.45) is 5.92 Å². The van der Waals surface area contributed by atoms with Gasteiger partial charge in [0.05, 0.1) is 0 Å². The molecule has 0 aromatic heterocycles. The molecule has 3 fully saturated rings. The van der Waals surface area contributed by atoms with Gasteiger partial charge in [-0.2, -0.15) is 0 Å². The molecule has 3 aliphatic rings. The van der Waals surface area contributed by atoms with Crippen molar-refractivity contribution in [3.8, 4) is 0 Å². The van der Waals surface area contributed by atoms with Gasteiger partial charge in [0.15, 0.2) is 0 Å². The number of nitrogens with one attached hydrogen (secondary N) is 1. The number of carbonyl (C=O) groups excluding carboxylic acids is 1. The summed E-state index contributed by atoms with van der Waals surface area (Å²) in [6.07, 6.45) is 1.98. The van der Waals surface area contributed by atoms with Crippen LogP contribution in [0.3, 0.4) is 0 Å². The molecule has 118 valence electrons. The molecule has 1 aromatic carbocycles. The number of benzene rings is 1. The molecule has 1 aliphatic carbocycles. The number of likely N-dealkylation sites (N-methyl/N-ethyl adjacent to an activating group) is 1. The normalized spacial score (nSPS) is 31.1. The lowest BCUT2D eigenvalue weighted by Crippen LogP contribution is -2.33. The molecule has 2 unspecified atom stereocenters. The maximum atomic E-state index is 12.0. The van der Waals surface area contributed by atoms with Crippen molar-refractivity contribution in [2.75, 3.05) is 44.2 Å². The third-order valence-corrected chi connectivity index (χ3v) is 5.84. The van der Waals surface area contributed by atoms with E-state index in [4.69, 9.17) is 0 Å². The summed E-state index contributed by atoms with van der Waals surface area (Å²) in [5, 5.41) is 3.51. The number of anilines is 1. The van der Waals surface area contributed by atoms with E-state index in [0.717, 1.165) is 38.6 Å². The lowest BCUT2D eigenvalue weighted by atomic mass is 9.95. The lowest BCUT2D eigenvalue weighted by molar-refractivity contribution is -0.130. The summed E-state index contributed by atoms with van der Waals surface area (Å²) in [6, 6.07) is 9.13. The van der Waals surface area contributed by atoms with Crippen LogP contribution in [-0.2, 0) is 10.2 Å². The fourth-order valence-corrected chi connectivity index (χ4v) is 4.25. The Morgan fingerprint density at radius 3 is 2.68 bits per heavy atom. The van der Waals surface area contributed by atoms with Gasteiger partial charge in [0.25, 0.3) is 0 Å². The average molecular weight is 299 g/mol. The quantitative estimate of drug-likeness (QED) is 0.921. The Kier molecular flexibility index (Phi) is 3.37. The van der Waals surface area contributed by atoms with Gasteiger partial charge in [0.1, 0.15) is 0 Å². The van der Waals surface area contributed by atoms with Crippen LogP contribution in [0.15, 0.2) is 24.3 Å². The summed E-state index contributed by atoms with van der Waals surface area (Å²) in [5.41, 5.74) is 3.19. The number of carbonyl (C=O) groups is 1. The van der Waals surface area contributed by atoms with Crippen molar-refractivity contribution < 1.29 is 4.79 Å². The van der Waals surface area contributed by atoms with Crippen LogP contribution in [0.5, 0.6) is 0 Å². The molecule has 4 heteroatoms. The van der Waals surface area contributed by atoms with E-state index in [1.807, 2.05) is 4.90 Å². The van der Waals surface area contributed by atoms with E-state index >= 15 is 0 Å². The number of nitrogens with zero attached hydrogens (tertiary/aromatic N) is 2. The third kappa shape index (κ3) is 2.21. The largest absolute Gasteiger partial charge is 0.369 e. The fourth-order valence-electron chi connectivity index (χ4n) is 4.25. The number of fused-ring (bicyclic) bond motifs is 1. The van der Waals surface area contributed by atoms with E-state index in [1.165, 1.54) is 24.2 Å². The third-order valence-electron chi connectivity index (χ3n) is 5.84. The number of piperidine rings is 1. The van der Waals surface area contributed by atoms with Gasteiger partial charge >= 0.3 is 0 Å². The number of rotatable bonds is 3. The second-order valence-corrected chi connectivity index (χ2v) is 6.95. The first-order chi connectivity index (χ1) is 10.7. The van der Waals surface area contributed by atoms with Crippen molar-refractivity contribution >= 4 is 11.6 Å². The molecular weight excluding hydrogens is 274 g/mol. The highest BCUT2D eigenvalue weighted by Crippen LogP contribution is 2.56. The summed E-state index contributed by atoms with van der Waals surface area (Å²) >= 11 is 0. The molecule has 0 spiro atoms. The van der Waals surface area contributed by atoms with E-state index in [2.05, 4.69) is 41.4 Å². The maximum absolute atomic E-state index is 12.0. The van der Waals surface area contributed by atoms with Crippen LogP contribution in [0.2, 0.25) is 0 Å². The summed E-state index contributed by atoms with van der Waals surface area (Å²) in [5.74, 6) is 1.14. The Bertz CT molecular complexity index is 570. The monoisotopic (exact) mass is 299 g/mol. The molecule has 22 heavy (non-hydrogen) atoms. The predicted octanol–water partition coefficient (Wildman–Crippen LogP) is 1.61. The Morgan fingerprint density at radius 1 is 1.23 bits per heavy atom. The fraction of sp³-hybridized carbons (Fsp3) is 0.611. The van der Waals surface area contributed by atoms with Gasteiger partial charge in [-0.05, 0) is 43.5 Å². The zero-order valence-corrected chi connectivity index (χ0v) is 13.3. The second kappa shape index (κ2) is 5.27. The van der Waals surface area contributed by atoms with Crippen LogP contribution in [0.25, 0.3) is 0 Å². The van der Waals surface area contributed by atoms with Crippen LogP contribution in [0, 0.1) is 5.92 Å². The van der Waals surface area contributed by atoms with Crippen molar-refractivity contribution in [2.45, 2.75) is 25.2 Å². The van der Waals surface area contributed by atoms with Crippen LogP contribution in [0.1, 0.15) is 25.3 Å². The van der Waals surface area contributed by atoms with Gasteiger partial charge < -0.3 is 15.1 Å². The van der Waals surface area contributed by atoms with Crippen molar-refractivity contribution in [1.82, 2.24) is 10.2 Å². The van der Waals surface area contributed by atoms with Gasteiger partial charge in [0.2, 0.25) is 5.91 Å². The molecule has 2 aliphatic heterocycles. The molecule has 1 amide bonds. The van der Waals surface area contributed by atoms with Gasteiger partial charge in [-0.25, -0.2) is 0 Å². The highest BCUT2D eigenvalue weighted by atomic mass is 16.2. The second-order valence-electron chi connectivity index (χ2n) is 6.95. The van der Waals surface area contributed by atoms with Gasteiger partial charge in [-0.15, -0.1) is 0 Å². The minimum absolute atomic E-state index is 0.290. The smallest absolute Gasteiger partial charge is 0.224 e. The summed E-state index contributed by atoms with van der Waals surface area (Å²) in [4.78, 5) is 16.3. The Hall–Kier alpha value is -1.55. The lowest BCUT2D eigenvalue weighted by Gasteiger charge is -2.24. The van der Waals surface area contributed by atoms with E-state index in [1.54, 1.807) is 0 Å². The number of hydrogen-bond donors (Lipinski definition) is 1. The molecular formula is C18H25N3O. The molecule has 1 saturated carbocycles. The van der Waals surface area contributed by atoms with E-state index in [-0.39, 0.29) is 0 Å². The summed E-state index contributed by atoms with van der Waals surface area (Å²) in [7, 11) is 0. The molecule has 2 atom stereocenters. The minimum Gasteiger partial charge on any atom is -0.369 e. The molecule has 1 N–H and O–H groups in total. The van der Waals surface area contributed by atoms with E-state index in [9.17, 15) is 4.79 Å². The van der Waals surface area contributed by atoms with Crippen LogP contribution in [0.4, 0.5) is 5.69 Å². The van der Waals surface area contributed by atoms with Crippen molar-refractivity contribution in [1.29, 1.82) is 0 Å². The van der Waals surface area contributed by atoms with Gasteiger partial charge in [-0.3, -0.25) is 4.79 Å². The number of hydrogen-bond acceptors (Lipinski definition) is 3.